The Morgan fingerprint density at radius 3 is 2.41 bits per heavy atom. The minimum Gasteiger partial charge on any atom is -0.382 e. The lowest BCUT2D eigenvalue weighted by atomic mass is 10.1. The average molecular weight is 408 g/mol. The Morgan fingerprint density at radius 2 is 1.78 bits per heavy atom. The van der Waals surface area contributed by atoms with Crippen molar-refractivity contribution < 1.29 is 9.47 Å². The number of rotatable bonds is 7. The molecule has 0 saturated heterocycles. The van der Waals surface area contributed by atoms with E-state index in [4.69, 9.17) is 37.8 Å². The van der Waals surface area contributed by atoms with E-state index in [0.29, 0.717) is 23.3 Å². The second-order valence-corrected chi connectivity index (χ2v) is 7.39. The molecule has 3 rings (SSSR count). The summed E-state index contributed by atoms with van der Waals surface area (Å²) in [5, 5.41) is 9.44. The lowest BCUT2D eigenvalue weighted by Gasteiger charge is -2.19. The van der Waals surface area contributed by atoms with Crippen LogP contribution in [-0.2, 0) is 9.47 Å². The normalized spacial score (nSPS) is 11.5. The lowest BCUT2D eigenvalue weighted by Crippen LogP contribution is -2.30. The van der Waals surface area contributed by atoms with Gasteiger partial charge in [-0.05, 0) is 49.7 Å². The van der Waals surface area contributed by atoms with E-state index in [0.717, 1.165) is 33.7 Å². The van der Waals surface area contributed by atoms with Gasteiger partial charge in [0.2, 0.25) is 0 Å². The van der Waals surface area contributed by atoms with Crippen molar-refractivity contribution in [3.8, 4) is 11.3 Å². The maximum atomic E-state index is 6.47. The maximum absolute atomic E-state index is 6.47. The average Bonchev–Trinajstić information content (AvgIpc) is 2.92. The third-order valence-corrected chi connectivity index (χ3v) is 4.88. The number of nitrogens with one attached hydrogen (secondary N) is 1. The van der Waals surface area contributed by atoms with Gasteiger partial charge < -0.3 is 14.8 Å². The molecule has 7 heteroatoms. The zero-order chi connectivity index (χ0) is 19.6. The number of benzene rings is 1. The number of ether oxygens (including phenoxy) is 2. The zero-order valence-corrected chi connectivity index (χ0v) is 17.4. The molecule has 3 aromatic rings. The zero-order valence-electron chi connectivity index (χ0n) is 15.8. The highest BCUT2D eigenvalue weighted by Crippen LogP contribution is 2.35. The van der Waals surface area contributed by atoms with E-state index in [1.807, 2.05) is 29.6 Å². The molecule has 0 unspecified atom stereocenters. The van der Waals surface area contributed by atoms with Crippen LogP contribution in [0.25, 0.3) is 16.8 Å². The first-order valence-electron chi connectivity index (χ1n) is 8.64. The summed E-state index contributed by atoms with van der Waals surface area (Å²) < 4.78 is 12.5. The van der Waals surface area contributed by atoms with Crippen LogP contribution in [0.2, 0.25) is 10.0 Å². The van der Waals surface area contributed by atoms with Gasteiger partial charge in [0.15, 0.2) is 0 Å². The molecule has 27 heavy (non-hydrogen) atoms. The molecule has 0 spiro atoms. The first-order valence-corrected chi connectivity index (χ1v) is 9.40. The second kappa shape index (κ2) is 8.48. The predicted molar refractivity (Wildman–Crippen MR) is 111 cm³/mol. The van der Waals surface area contributed by atoms with Crippen LogP contribution in [0.5, 0.6) is 0 Å². The van der Waals surface area contributed by atoms with Gasteiger partial charge in [-0.3, -0.25) is 0 Å². The minimum atomic E-state index is 0.0309. The molecule has 0 amide bonds. The molecule has 0 aliphatic rings. The fourth-order valence-electron chi connectivity index (χ4n) is 3.26. The van der Waals surface area contributed by atoms with Crippen molar-refractivity contribution in [3.05, 3.63) is 51.6 Å². The van der Waals surface area contributed by atoms with E-state index in [1.165, 1.54) is 0 Å². The van der Waals surface area contributed by atoms with Gasteiger partial charge in [-0.1, -0.05) is 23.2 Å². The molecule has 0 bridgehead atoms. The first kappa shape index (κ1) is 20.0. The van der Waals surface area contributed by atoms with Crippen LogP contribution in [0.15, 0.2) is 30.3 Å². The highest BCUT2D eigenvalue weighted by Gasteiger charge is 2.18. The fourth-order valence-corrected chi connectivity index (χ4v) is 3.76. The summed E-state index contributed by atoms with van der Waals surface area (Å²) in [5.41, 5.74) is 5.76. The van der Waals surface area contributed by atoms with Gasteiger partial charge >= 0.3 is 0 Å². The molecule has 2 aromatic heterocycles. The van der Waals surface area contributed by atoms with Crippen LogP contribution >= 0.6 is 23.2 Å². The van der Waals surface area contributed by atoms with Crippen LogP contribution < -0.4 is 5.32 Å². The number of hydrogen-bond donors (Lipinski definition) is 1. The molecule has 2 heterocycles. The van der Waals surface area contributed by atoms with Crippen molar-refractivity contribution in [2.45, 2.75) is 19.9 Å². The van der Waals surface area contributed by atoms with Crippen molar-refractivity contribution in [2.75, 3.05) is 32.8 Å². The molecule has 0 radical (unpaired) electrons. The Kier molecular flexibility index (Phi) is 6.27. The maximum Gasteiger partial charge on any atom is 0.0888 e. The summed E-state index contributed by atoms with van der Waals surface area (Å²) >= 11 is 12.5. The summed E-state index contributed by atoms with van der Waals surface area (Å²) in [6, 6.07) is 9.67. The Balaban J connectivity index is 2.13. The SMILES string of the molecule is COCC(COC)Nc1cc(C)nn2c(-c3ccc(Cl)cc3Cl)c(C)cc12. The minimum absolute atomic E-state index is 0.0309. The summed E-state index contributed by atoms with van der Waals surface area (Å²) in [6.07, 6.45) is 0. The molecule has 0 aliphatic heterocycles. The van der Waals surface area contributed by atoms with E-state index in [1.54, 1.807) is 20.3 Å². The number of hydrogen-bond acceptors (Lipinski definition) is 4. The number of aromatic nitrogens is 2. The molecule has 144 valence electrons. The van der Waals surface area contributed by atoms with Crippen molar-refractivity contribution >= 4 is 34.4 Å². The van der Waals surface area contributed by atoms with Crippen molar-refractivity contribution in [1.82, 2.24) is 9.61 Å². The third-order valence-electron chi connectivity index (χ3n) is 4.34. The number of nitrogens with zero attached hydrogens (tertiary/aromatic N) is 2. The Hall–Kier alpha value is -1.79. The van der Waals surface area contributed by atoms with E-state index in [2.05, 4.69) is 18.3 Å². The topological polar surface area (TPSA) is 47.8 Å². The smallest absolute Gasteiger partial charge is 0.0888 e. The van der Waals surface area contributed by atoms with E-state index < -0.39 is 0 Å². The van der Waals surface area contributed by atoms with Crippen molar-refractivity contribution in [3.63, 3.8) is 0 Å². The molecular formula is C20H23Cl2N3O2. The van der Waals surface area contributed by atoms with Crippen molar-refractivity contribution in [1.29, 1.82) is 0 Å². The number of aryl methyl sites for hydroxylation is 2. The third kappa shape index (κ3) is 4.22. The monoisotopic (exact) mass is 407 g/mol. The molecule has 1 aromatic carbocycles. The highest BCUT2D eigenvalue weighted by atomic mass is 35.5. The Labute approximate surface area is 169 Å². The number of fused-ring (bicyclic) bond motifs is 1. The van der Waals surface area contributed by atoms with Gasteiger partial charge in [-0.15, -0.1) is 0 Å². The second-order valence-electron chi connectivity index (χ2n) is 6.55. The number of halogens is 2. The summed E-state index contributed by atoms with van der Waals surface area (Å²) in [7, 11) is 3.36. The largest absolute Gasteiger partial charge is 0.382 e. The van der Waals surface area contributed by atoms with Crippen molar-refractivity contribution in [2.24, 2.45) is 0 Å². The van der Waals surface area contributed by atoms with E-state index in [9.17, 15) is 0 Å². The van der Waals surface area contributed by atoms with Gasteiger partial charge in [-0.2, -0.15) is 5.10 Å². The van der Waals surface area contributed by atoms with Gasteiger partial charge in [0, 0.05) is 24.8 Å². The summed E-state index contributed by atoms with van der Waals surface area (Å²) in [6.45, 7) is 5.10. The standard InChI is InChI=1S/C20H23Cl2N3O2/c1-12-7-19-18(23-15(10-26-3)11-27-4)8-13(2)24-25(19)20(12)16-6-5-14(21)9-17(16)22/h5-9,15,23H,10-11H2,1-4H3. The van der Waals surface area contributed by atoms with Gasteiger partial charge in [-0.25, -0.2) is 4.52 Å². The van der Waals surface area contributed by atoms with Gasteiger partial charge in [0.05, 0.1) is 46.9 Å². The van der Waals surface area contributed by atoms with Crippen LogP contribution in [0.1, 0.15) is 11.3 Å². The predicted octanol–water partition coefficient (Wildman–Crippen LogP) is 5.00. The quantitative estimate of drug-likeness (QED) is 0.598. The van der Waals surface area contributed by atoms with Crippen LogP contribution in [0.4, 0.5) is 5.69 Å². The summed E-state index contributed by atoms with van der Waals surface area (Å²) in [5.74, 6) is 0. The first-order chi connectivity index (χ1) is 12.9. The molecule has 0 aliphatic carbocycles. The molecule has 0 saturated carbocycles. The number of anilines is 1. The molecular weight excluding hydrogens is 385 g/mol. The molecule has 0 atom stereocenters. The summed E-state index contributed by atoms with van der Waals surface area (Å²) in [4.78, 5) is 0. The highest BCUT2D eigenvalue weighted by molar-refractivity contribution is 6.36. The van der Waals surface area contributed by atoms with Gasteiger partial charge in [0.25, 0.3) is 0 Å². The number of methoxy groups -OCH3 is 2. The van der Waals surface area contributed by atoms with E-state index >= 15 is 0 Å². The van der Waals surface area contributed by atoms with E-state index in [-0.39, 0.29) is 6.04 Å². The molecule has 1 N–H and O–H groups in total. The Bertz CT molecular complexity index is 950. The Morgan fingerprint density at radius 1 is 1.07 bits per heavy atom. The molecule has 5 nitrogen and oxygen atoms in total. The van der Waals surface area contributed by atoms with Crippen LogP contribution in [0, 0.1) is 13.8 Å². The van der Waals surface area contributed by atoms with Crippen LogP contribution in [0.3, 0.4) is 0 Å². The fraction of sp³-hybridized carbons (Fsp3) is 0.350. The van der Waals surface area contributed by atoms with Crippen LogP contribution in [-0.4, -0.2) is 43.1 Å². The van der Waals surface area contributed by atoms with Gasteiger partial charge in [0.1, 0.15) is 0 Å². The molecule has 0 fully saturated rings. The lowest BCUT2D eigenvalue weighted by molar-refractivity contribution is 0.126.